The van der Waals surface area contributed by atoms with Crippen LogP contribution < -0.4 is 9.80 Å². The van der Waals surface area contributed by atoms with E-state index in [4.69, 9.17) is 4.74 Å². The fraction of sp³-hybridized carbons (Fsp3) is 0.350. The standard InChI is InChI=1S/C20H23FN2O2/c1-2-25-20(24)19(16-8-4-3-5-9-16)23-14-12-22(13-15-23)18-11-7-6-10-17(18)21/h3-11,19H,2,12-15H2,1H3/p+1/t19-/m1/s1. The van der Waals surface area contributed by atoms with Gasteiger partial charge in [-0.25, -0.2) is 9.18 Å². The molecule has 3 rings (SSSR count). The largest absolute Gasteiger partial charge is 0.461 e. The van der Waals surface area contributed by atoms with Crippen LogP contribution >= 0.6 is 0 Å². The van der Waals surface area contributed by atoms with E-state index in [-0.39, 0.29) is 17.8 Å². The van der Waals surface area contributed by atoms with Gasteiger partial charge in [-0.05, 0) is 19.1 Å². The highest BCUT2D eigenvalue weighted by Gasteiger charge is 2.35. The summed E-state index contributed by atoms with van der Waals surface area (Å²) >= 11 is 0. The Balaban J connectivity index is 1.74. The van der Waals surface area contributed by atoms with Gasteiger partial charge in [-0.2, -0.15) is 0 Å². The van der Waals surface area contributed by atoms with Crippen molar-refractivity contribution >= 4 is 11.7 Å². The van der Waals surface area contributed by atoms with Gasteiger partial charge in [0.15, 0.2) is 0 Å². The highest BCUT2D eigenvalue weighted by Crippen LogP contribution is 2.19. The van der Waals surface area contributed by atoms with Crippen LogP contribution in [0.2, 0.25) is 0 Å². The number of para-hydroxylation sites is 1. The van der Waals surface area contributed by atoms with E-state index < -0.39 is 0 Å². The van der Waals surface area contributed by atoms with Crippen molar-refractivity contribution in [1.82, 2.24) is 0 Å². The number of halogens is 1. The predicted octanol–water partition coefficient (Wildman–Crippen LogP) is 1.83. The molecular formula is C20H24FN2O2+. The fourth-order valence-electron chi connectivity index (χ4n) is 3.44. The van der Waals surface area contributed by atoms with Gasteiger partial charge in [0.25, 0.3) is 0 Å². The first-order valence-electron chi connectivity index (χ1n) is 8.76. The highest BCUT2D eigenvalue weighted by atomic mass is 19.1. The number of hydrogen-bond donors (Lipinski definition) is 1. The second-order valence-corrected chi connectivity index (χ2v) is 6.19. The lowest BCUT2D eigenvalue weighted by Crippen LogP contribution is -3.16. The smallest absolute Gasteiger partial charge is 0.369 e. The maximum Gasteiger partial charge on any atom is 0.369 e. The third kappa shape index (κ3) is 3.99. The minimum atomic E-state index is -0.330. The van der Waals surface area contributed by atoms with Gasteiger partial charge < -0.3 is 14.5 Å². The van der Waals surface area contributed by atoms with E-state index in [0.29, 0.717) is 25.4 Å². The minimum Gasteiger partial charge on any atom is -0.461 e. The first kappa shape index (κ1) is 17.4. The molecule has 0 aliphatic carbocycles. The zero-order valence-corrected chi connectivity index (χ0v) is 14.5. The summed E-state index contributed by atoms with van der Waals surface area (Å²) in [5, 5.41) is 0. The Morgan fingerprint density at radius 2 is 1.76 bits per heavy atom. The molecule has 1 aliphatic rings. The molecule has 132 valence electrons. The molecule has 4 nitrogen and oxygen atoms in total. The second kappa shape index (κ2) is 8.12. The molecule has 1 fully saturated rings. The third-order valence-corrected chi connectivity index (χ3v) is 4.66. The Kier molecular flexibility index (Phi) is 5.66. The quantitative estimate of drug-likeness (QED) is 0.841. The maximum atomic E-state index is 14.0. The number of carbonyl (C=O) groups is 1. The molecule has 2 aromatic rings. The Hall–Kier alpha value is -2.40. The second-order valence-electron chi connectivity index (χ2n) is 6.19. The summed E-state index contributed by atoms with van der Waals surface area (Å²) in [6, 6.07) is 16.3. The molecule has 1 atom stereocenters. The number of benzene rings is 2. The Bertz CT molecular complexity index is 700. The maximum absolute atomic E-state index is 14.0. The van der Waals surface area contributed by atoms with Gasteiger partial charge in [0.2, 0.25) is 6.04 Å². The lowest BCUT2D eigenvalue weighted by molar-refractivity contribution is -0.923. The Morgan fingerprint density at radius 3 is 2.40 bits per heavy atom. The molecule has 1 N–H and O–H groups in total. The van der Waals surface area contributed by atoms with E-state index in [1.54, 1.807) is 12.1 Å². The summed E-state index contributed by atoms with van der Waals surface area (Å²) in [6.45, 7) is 5.12. The molecular weight excluding hydrogens is 319 g/mol. The van der Waals surface area contributed by atoms with Crippen LogP contribution in [-0.2, 0) is 9.53 Å². The van der Waals surface area contributed by atoms with Gasteiger partial charge >= 0.3 is 5.97 Å². The Morgan fingerprint density at radius 1 is 1.12 bits per heavy atom. The van der Waals surface area contributed by atoms with E-state index in [1.807, 2.05) is 48.2 Å². The zero-order chi connectivity index (χ0) is 17.6. The molecule has 0 saturated carbocycles. The van der Waals surface area contributed by atoms with Crippen LogP contribution in [0.15, 0.2) is 54.6 Å². The molecule has 0 spiro atoms. The lowest BCUT2D eigenvalue weighted by atomic mass is 10.0. The third-order valence-electron chi connectivity index (χ3n) is 4.66. The monoisotopic (exact) mass is 343 g/mol. The lowest BCUT2D eigenvalue weighted by Gasteiger charge is -2.36. The average Bonchev–Trinajstić information content (AvgIpc) is 2.64. The van der Waals surface area contributed by atoms with Crippen molar-refractivity contribution in [1.29, 1.82) is 0 Å². The van der Waals surface area contributed by atoms with Crippen molar-refractivity contribution in [3.63, 3.8) is 0 Å². The van der Waals surface area contributed by atoms with E-state index in [0.717, 1.165) is 23.6 Å². The van der Waals surface area contributed by atoms with Gasteiger partial charge in [0.05, 0.1) is 38.5 Å². The van der Waals surface area contributed by atoms with Gasteiger partial charge in [-0.3, -0.25) is 0 Å². The summed E-state index contributed by atoms with van der Waals surface area (Å²) in [4.78, 5) is 15.7. The first-order valence-corrected chi connectivity index (χ1v) is 8.76. The summed E-state index contributed by atoms with van der Waals surface area (Å²) in [6.07, 6.45) is 0. The summed E-state index contributed by atoms with van der Waals surface area (Å²) in [5.74, 6) is -0.390. The number of nitrogens with one attached hydrogen (secondary N) is 1. The number of piperazine rings is 1. The highest BCUT2D eigenvalue weighted by molar-refractivity contribution is 5.76. The van der Waals surface area contributed by atoms with Crippen molar-refractivity contribution in [2.45, 2.75) is 13.0 Å². The molecule has 1 saturated heterocycles. The molecule has 0 aromatic heterocycles. The molecule has 25 heavy (non-hydrogen) atoms. The van der Waals surface area contributed by atoms with Gasteiger partial charge in [-0.1, -0.05) is 42.5 Å². The normalized spacial score (nSPS) is 16.5. The zero-order valence-electron chi connectivity index (χ0n) is 14.5. The average molecular weight is 343 g/mol. The minimum absolute atomic E-state index is 0.192. The fourth-order valence-corrected chi connectivity index (χ4v) is 3.44. The van der Waals surface area contributed by atoms with Crippen LogP contribution in [0.1, 0.15) is 18.5 Å². The van der Waals surface area contributed by atoms with Crippen molar-refractivity contribution in [2.75, 3.05) is 37.7 Å². The van der Waals surface area contributed by atoms with E-state index in [1.165, 1.54) is 6.07 Å². The Labute approximate surface area is 147 Å². The van der Waals surface area contributed by atoms with Gasteiger partial charge in [0.1, 0.15) is 5.82 Å². The molecule has 1 heterocycles. The number of esters is 1. The predicted molar refractivity (Wildman–Crippen MR) is 95.1 cm³/mol. The van der Waals surface area contributed by atoms with Crippen LogP contribution in [0, 0.1) is 5.82 Å². The topological polar surface area (TPSA) is 34.0 Å². The summed E-state index contributed by atoms with van der Waals surface area (Å²) in [7, 11) is 0. The number of hydrogen-bond acceptors (Lipinski definition) is 3. The van der Waals surface area contributed by atoms with Crippen LogP contribution in [0.3, 0.4) is 0 Å². The SMILES string of the molecule is CCOC(=O)[C@@H](c1ccccc1)[NH+]1CCN(c2ccccc2F)CC1. The molecule has 2 aromatic carbocycles. The molecule has 0 unspecified atom stereocenters. The van der Waals surface area contributed by atoms with Crippen LogP contribution in [0.5, 0.6) is 0 Å². The number of rotatable bonds is 5. The van der Waals surface area contributed by atoms with Gasteiger partial charge in [0, 0.05) is 5.56 Å². The van der Waals surface area contributed by atoms with E-state index in [2.05, 4.69) is 0 Å². The van der Waals surface area contributed by atoms with Crippen molar-refractivity contribution < 1.29 is 18.8 Å². The van der Waals surface area contributed by atoms with Crippen LogP contribution in [-0.4, -0.2) is 38.8 Å². The van der Waals surface area contributed by atoms with Gasteiger partial charge in [-0.15, -0.1) is 0 Å². The van der Waals surface area contributed by atoms with E-state index >= 15 is 0 Å². The first-order chi connectivity index (χ1) is 12.2. The van der Waals surface area contributed by atoms with Crippen LogP contribution in [0.25, 0.3) is 0 Å². The van der Waals surface area contributed by atoms with Crippen molar-refractivity contribution in [2.24, 2.45) is 0 Å². The number of quaternary nitrogens is 1. The summed E-state index contributed by atoms with van der Waals surface area (Å²) < 4.78 is 19.3. The summed E-state index contributed by atoms with van der Waals surface area (Å²) in [5.41, 5.74) is 1.60. The molecule has 0 amide bonds. The number of anilines is 1. The van der Waals surface area contributed by atoms with Crippen molar-refractivity contribution in [3.8, 4) is 0 Å². The molecule has 0 radical (unpaired) electrons. The van der Waals surface area contributed by atoms with E-state index in [9.17, 15) is 9.18 Å². The number of carbonyl (C=O) groups excluding carboxylic acids is 1. The molecule has 0 bridgehead atoms. The molecule has 5 heteroatoms. The van der Waals surface area contributed by atoms with Crippen LogP contribution in [0.4, 0.5) is 10.1 Å². The number of nitrogens with zero attached hydrogens (tertiary/aromatic N) is 1. The number of ether oxygens (including phenoxy) is 1. The van der Waals surface area contributed by atoms with Crippen molar-refractivity contribution in [3.05, 3.63) is 66.0 Å². The molecule has 1 aliphatic heterocycles.